The fraction of sp³-hybridized carbons (Fsp3) is 0.545. The van der Waals surface area contributed by atoms with Crippen LogP contribution in [-0.4, -0.2) is 73.2 Å². The van der Waals surface area contributed by atoms with Crippen molar-refractivity contribution < 1.29 is 9.53 Å². The minimum absolute atomic E-state index is 0.0369. The molecular formula is C22H32N4O2S. The molecule has 1 aromatic heterocycles. The molecule has 0 saturated carbocycles. The first-order valence-corrected chi connectivity index (χ1v) is 11.4. The zero-order valence-corrected chi connectivity index (χ0v) is 18.3. The number of amides is 1. The molecule has 1 saturated heterocycles. The van der Waals surface area contributed by atoms with E-state index in [1.807, 2.05) is 5.38 Å². The van der Waals surface area contributed by atoms with Crippen LogP contribution in [0, 0.1) is 0 Å². The first-order chi connectivity index (χ1) is 14.2. The predicted octanol–water partition coefficient (Wildman–Crippen LogP) is 2.64. The summed E-state index contributed by atoms with van der Waals surface area (Å²) < 4.78 is 5.41. The van der Waals surface area contributed by atoms with Gasteiger partial charge in [-0.25, -0.2) is 4.98 Å². The van der Waals surface area contributed by atoms with Crippen LogP contribution in [0.3, 0.4) is 0 Å². The van der Waals surface area contributed by atoms with Gasteiger partial charge in [0.05, 0.1) is 25.3 Å². The van der Waals surface area contributed by atoms with Crippen molar-refractivity contribution in [3.05, 3.63) is 40.9 Å². The van der Waals surface area contributed by atoms with Crippen molar-refractivity contribution in [2.45, 2.75) is 26.8 Å². The Bertz CT molecular complexity index is 752. The molecule has 1 aromatic carbocycles. The lowest BCUT2D eigenvalue weighted by Gasteiger charge is -2.26. The Labute approximate surface area is 177 Å². The summed E-state index contributed by atoms with van der Waals surface area (Å²) in [5.74, 6) is 0.0369. The highest BCUT2D eigenvalue weighted by molar-refractivity contribution is 7.13. The number of aromatic nitrogens is 1. The van der Waals surface area contributed by atoms with E-state index in [-0.39, 0.29) is 5.91 Å². The molecule has 29 heavy (non-hydrogen) atoms. The maximum atomic E-state index is 12.2. The van der Waals surface area contributed by atoms with Crippen molar-refractivity contribution in [2.75, 3.05) is 52.5 Å². The number of benzene rings is 1. The molecule has 0 aliphatic carbocycles. The Hall–Kier alpha value is -1.80. The summed E-state index contributed by atoms with van der Waals surface area (Å²) in [5, 5.41) is 5.95. The van der Waals surface area contributed by atoms with E-state index >= 15 is 0 Å². The maximum absolute atomic E-state index is 12.2. The van der Waals surface area contributed by atoms with E-state index in [4.69, 9.17) is 4.74 Å². The van der Waals surface area contributed by atoms with E-state index in [2.05, 4.69) is 58.2 Å². The molecule has 1 N–H and O–H groups in total. The first-order valence-electron chi connectivity index (χ1n) is 10.5. The Morgan fingerprint density at radius 2 is 1.93 bits per heavy atom. The van der Waals surface area contributed by atoms with E-state index in [0.717, 1.165) is 68.7 Å². The van der Waals surface area contributed by atoms with Gasteiger partial charge >= 0.3 is 0 Å². The monoisotopic (exact) mass is 416 g/mol. The fourth-order valence-corrected chi connectivity index (χ4v) is 4.24. The van der Waals surface area contributed by atoms with Gasteiger partial charge in [-0.05, 0) is 18.7 Å². The van der Waals surface area contributed by atoms with Crippen LogP contribution in [0.4, 0.5) is 0 Å². The first kappa shape index (κ1) is 21.9. The lowest BCUT2D eigenvalue weighted by Crippen LogP contribution is -2.35. The minimum Gasteiger partial charge on any atom is -0.379 e. The Balaban J connectivity index is 1.48. The SMILES string of the molecule is CCN(CC)CCNC(=O)Cc1csc(-c2ccc(CN3CCOCC3)cc2)n1. The Morgan fingerprint density at radius 3 is 2.62 bits per heavy atom. The molecule has 0 spiro atoms. The number of rotatable bonds is 10. The number of hydrogen-bond acceptors (Lipinski definition) is 6. The molecule has 1 fully saturated rings. The highest BCUT2D eigenvalue weighted by Gasteiger charge is 2.12. The highest BCUT2D eigenvalue weighted by atomic mass is 32.1. The van der Waals surface area contributed by atoms with Gasteiger partial charge in [-0.2, -0.15) is 0 Å². The summed E-state index contributed by atoms with van der Waals surface area (Å²) in [6.07, 6.45) is 0.337. The van der Waals surface area contributed by atoms with Gasteiger partial charge in [-0.3, -0.25) is 9.69 Å². The van der Waals surface area contributed by atoms with Crippen LogP contribution < -0.4 is 5.32 Å². The summed E-state index contributed by atoms with van der Waals surface area (Å²) in [6, 6.07) is 8.60. The fourth-order valence-electron chi connectivity index (χ4n) is 3.41. The van der Waals surface area contributed by atoms with E-state index in [9.17, 15) is 4.79 Å². The number of likely N-dealkylation sites (N-methyl/N-ethyl adjacent to an activating group) is 1. The van der Waals surface area contributed by atoms with Crippen molar-refractivity contribution in [1.29, 1.82) is 0 Å². The minimum atomic E-state index is 0.0369. The molecule has 6 nitrogen and oxygen atoms in total. The molecule has 0 atom stereocenters. The molecule has 7 heteroatoms. The van der Waals surface area contributed by atoms with E-state index in [1.165, 1.54) is 5.56 Å². The zero-order chi connectivity index (χ0) is 20.5. The molecule has 0 bridgehead atoms. The lowest BCUT2D eigenvalue weighted by atomic mass is 10.1. The summed E-state index contributed by atoms with van der Waals surface area (Å²) in [5.41, 5.74) is 3.25. The number of ether oxygens (including phenoxy) is 1. The van der Waals surface area contributed by atoms with Crippen LogP contribution in [0.2, 0.25) is 0 Å². The molecule has 2 aromatic rings. The standard InChI is InChI=1S/C22H32N4O2S/c1-3-25(4-2)10-9-23-21(27)15-20-17-29-22(24-20)19-7-5-18(6-8-19)16-26-11-13-28-14-12-26/h5-8,17H,3-4,9-16H2,1-2H3,(H,23,27). The third-order valence-corrected chi connectivity index (χ3v) is 6.19. The van der Waals surface area contributed by atoms with Gasteiger partial charge in [0, 0.05) is 43.7 Å². The topological polar surface area (TPSA) is 57.7 Å². The second-order valence-corrected chi connectivity index (χ2v) is 8.14. The summed E-state index contributed by atoms with van der Waals surface area (Å²) in [4.78, 5) is 21.5. The van der Waals surface area contributed by atoms with E-state index in [0.29, 0.717) is 13.0 Å². The molecule has 158 valence electrons. The molecule has 3 rings (SSSR count). The second-order valence-electron chi connectivity index (χ2n) is 7.28. The predicted molar refractivity (Wildman–Crippen MR) is 118 cm³/mol. The largest absolute Gasteiger partial charge is 0.379 e. The number of morpholine rings is 1. The molecule has 0 radical (unpaired) electrons. The van der Waals surface area contributed by atoms with Crippen molar-refractivity contribution in [3.8, 4) is 10.6 Å². The number of nitrogens with zero attached hydrogens (tertiary/aromatic N) is 3. The highest BCUT2D eigenvalue weighted by Crippen LogP contribution is 2.24. The van der Waals surface area contributed by atoms with Crippen molar-refractivity contribution in [3.63, 3.8) is 0 Å². The number of thiazole rings is 1. The Morgan fingerprint density at radius 1 is 1.21 bits per heavy atom. The van der Waals surface area contributed by atoms with Gasteiger partial charge in [0.15, 0.2) is 0 Å². The number of hydrogen-bond donors (Lipinski definition) is 1. The van der Waals surface area contributed by atoms with Gasteiger partial charge in [0.25, 0.3) is 0 Å². The normalized spacial score (nSPS) is 15.0. The van der Waals surface area contributed by atoms with Crippen molar-refractivity contribution in [1.82, 2.24) is 20.1 Å². The van der Waals surface area contributed by atoms with E-state index in [1.54, 1.807) is 11.3 Å². The number of carbonyl (C=O) groups excluding carboxylic acids is 1. The molecule has 1 aliphatic rings. The third-order valence-electron chi connectivity index (χ3n) is 5.25. The molecule has 1 amide bonds. The van der Waals surface area contributed by atoms with Gasteiger partial charge in [-0.1, -0.05) is 38.1 Å². The number of carbonyl (C=O) groups is 1. The van der Waals surface area contributed by atoms with Crippen molar-refractivity contribution >= 4 is 17.2 Å². The van der Waals surface area contributed by atoms with Crippen LogP contribution in [0.25, 0.3) is 10.6 Å². The average molecular weight is 417 g/mol. The van der Waals surface area contributed by atoms with E-state index < -0.39 is 0 Å². The van der Waals surface area contributed by atoms with Crippen LogP contribution in [0.15, 0.2) is 29.6 Å². The quantitative estimate of drug-likeness (QED) is 0.645. The average Bonchev–Trinajstić information content (AvgIpc) is 3.21. The van der Waals surface area contributed by atoms with Crippen molar-refractivity contribution in [2.24, 2.45) is 0 Å². The van der Waals surface area contributed by atoms with Gasteiger partial charge in [0.2, 0.25) is 5.91 Å². The summed E-state index contributed by atoms with van der Waals surface area (Å²) in [7, 11) is 0. The smallest absolute Gasteiger partial charge is 0.226 e. The molecule has 0 unspecified atom stereocenters. The summed E-state index contributed by atoms with van der Waals surface area (Å²) >= 11 is 1.60. The Kier molecular flexibility index (Phi) is 8.61. The van der Waals surface area contributed by atoms with Gasteiger partial charge in [0.1, 0.15) is 5.01 Å². The molecule has 1 aliphatic heterocycles. The van der Waals surface area contributed by atoms with Crippen LogP contribution in [-0.2, 0) is 22.5 Å². The van der Waals surface area contributed by atoms with Crippen LogP contribution in [0.1, 0.15) is 25.1 Å². The third kappa shape index (κ3) is 6.89. The second kappa shape index (κ2) is 11.4. The summed E-state index contributed by atoms with van der Waals surface area (Å²) in [6.45, 7) is 12.4. The number of nitrogens with one attached hydrogen (secondary N) is 1. The lowest BCUT2D eigenvalue weighted by molar-refractivity contribution is -0.120. The van der Waals surface area contributed by atoms with Crippen LogP contribution >= 0.6 is 11.3 Å². The zero-order valence-electron chi connectivity index (χ0n) is 17.5. The van der Waals surface area contributed by atoms with Gasteiger partial charge in [-0.15, -0.1) is 11.3 Å². The maximum Gasteiger partial charge on any atom is 0.226 e. The molecular weight excluding hydrogens is 384 g/mol. The van der Waals surface area contributed by atoms with Crippen LogP contribution in [0.5, 0.6) is 0 Å². The van der Waals surface area contributed by atoms with Gasteiger partial charge < -0.3 is 15.0 Å². The molecule has 2 heterocycles.